The second-order valence-corrected chi connectivity index (χ2v) is 3.48. The predicted octanol–water partition coefficient (Wildman–Crippen LogP) is 0.884. The molecule has 6 nitrogen and oxygen atoms in total. The number of benzene rings is 1. The Kier molecular flexibility index (Phi) is 3.56. The van der Waals surface area contributed by atoms with Crippen LogP contribution in [0.5, 0.6) is 5.75 Å². The summed E-state index contributed by atoms with van der Waals surface area (Å²) in [7, 11) is 1.64. The van der Waals surface area contributed by atoms with Crippen LogP contribution in [0.25, 0.3) is 0 Å². The van der Waals surface area contributed by atoms with Crippen molar-refractivity contribution in [2.24, 2.45) is 5.73 Å². The molecule has 0 fully saturated rings. The first-order valence-electron chi connectivity index (χ1n) is 5.30. The van der Waals surface area contributed by atoms with Crippen molar-refractivity contribution >= 4 is 5.69 Å². The lowest BCUT2D eigenvalue weighted by atomic mass is 10.3. The Hall–Kier alpha value is -2.08. The molecular formula is C11H15N5O. The van der Waals surface area contributed by atoms with Crippen LogP contribution in [0.4, 0.5) is 5.69 Å². The third-order valence-electron chi connectivity index (χ3n) is 2.31. The number of nitrogens with one attached hydrogen (secondary N) is 2. The Morgan fingerprint density at radius 3 is 2.71 bits per heavy atom. The molecule has 1 heterocycles. The molecule has 0 aliphatic rings. The maximum atomic E-state index is 5.42. The smallest absolute Gasteiger partial charge is 0.164 e. The number of nitrogens with zero attached hydrogens (tertiary/aromatic N) is 2. The summed E-state index contributed by atoms with van der Waals surface area (Å²) >= 11 is 0. The summed E-state index contributed by atoms with van der Waals surface area (Å²) in [6.07, 6.45) is 0. The maximum absolute atomic E-state index is 5.42. The first kappa shape index (κ1) is 11.4. The van der Waals surface area contributed by atoms with Gasteiger partial charge in [0.05, 0.1) is 20.2 Å². The molecule has 2 rings (SSSR count). The number of hydrogen-bond donors (Lipinski definition) is 3. The second kappa shape index (κ2) is 5.31. The fourth-order valence-corrected chi connectivity index (χ4v) is 1.40. The molecule has 0 saturated carbocycles. The maximum Gasteiger partial charge on any atom is 0.164 e. The third kappa shape index (κ3) is 2.94. The van der Waals surface area contributed by atoms with E-state index in [-0.39, 0.29) is 0 Å². The Morgan fingerprint density at radius 2 is 2.12 bits per heavy atom. The van der Waals surface area contributed by atoms with Gasteiger partial charge in [-0.3, -0.25) is 5.10 Å². The molecule has 0 aliphatic heterocycles. The molecular weight excluding hydrogens is 218 g/mol. The molecule has 0 bridgehead atoms. The van der Waals surface area contributed by atoms with Gasteiger partial charge in [-0.25, -0.2) is 4.98 Å². The van der Waals surface area contributed by atoms with E-state index in [2.05, 4.69) is 20.5 Å². The van der Waals surface area contributed by atoms with Crippen molar-refractivity contribution in [1.29, 1.82) is 0 Å². The summed E-state index contributed by atoms with van der Waals surface area (Å²) in [6.45, 7) is 0.929. The summed E-state index contributed by atoms with van der Waals surface area (Å²) in [4.78, 5) is 4.20. The van der Waals surface area contributed by atoms with Crippen LogP contribution in [0.2, 0.25) is 0 Å². The highest BCUT2D eigenvalue weighted by Gasteiger charge is 2.01. The summed E-state index contributed by atoms with van der Waals surface area (Å²) < 4.78 is 5.08. The van der Waals surface area contributed by atoms with E-state index in [4.69, 9.17) is 10.5 Å². The number of methoxy groups -OCH3 is 1. The molecule has 0 aliphatic carbocycles. The van der Waals surface area contributed by atoms with Gasteiger partial charge in [-0.2, -0.15) is 5.10 Å². The molecule has 4 N–H and O–H groups in total. The summed E-state index contributed by atoms with van der Waals surface area (Å²) in [5, 5.41) is 9.99. The molecule has 90 valence electrons. The van der Waals surface area contributed by atoms with E-state index < -0.39 is 0 Å². The number of aromatic amines is 1. The van der Waals surface area contributed by atoms with Crippen LogP contribution in [-0.4, -0.2) is 22.3 Å². The minimum Gasteiger partial charge on any atom is -0.497 e. The largest absolute Gasteiger partial charge is 0.497 e. The third-order valence-corrected chi connectivity index (χ3v) is 2.31. The lowest BCUT2D eigenvalue weighted by Gasteiger charge is -2.05. The van der Waals surface area contributed by atoms with Crippen LogP contribution < -0.4 is 15.8 Å². The molecule has 0 amide bonds. The van der Waals surface area contributed by atoms with Gasteiger partial charge in [0.2, 0.25) is 0 Å². The van der Waals surface area contributed by atoms with Gasteiger partial charge in [-0.05, 0) is 24.3 Å². The van der Waals surface area contributed by atoms with E-state index in [1.807, 2.05) is 24.3 Å². The number of rotatable bonds is 5. The van der Waals surface area contributed by atoms with Crippen molar-refractivity contribution < 1.29 is 4.74 Å². The van der Waals surface area contributed by atoms with Crippen molar-refractivity contribution in [3.63, 3.8) is 0 Å². The van der Waals surface area contributed by atoms with E-state index in [9.17, 15) is 0 Å². The minimum absolute atomic E-state index is 0.346. The fourth-order valence-electron chi connectivity index (χ4n) is 1.40. The van der Waals surface area contributed by atoms with Gasteiger partial charge in [0.25, 0.3) is 0 Å². The summed E-state index contributed by atoms with van der Waals surface area (Å²) in [6, 6.07) is 7.68. The van der Waals surface area contributed by atoms with E-state index in [1.165, 1.54) is 0 Å². The van der Waals surface area contributed by atoms with Crippen LogP contribution in [-0.2, 0) is 13.1 Å². The molecule has 0 unspecified atom stereocenters. The average molecular weight is 233 g/mol. The van der Waals surface area contributed by atoms with Crippen LogP contribution >= 0.6 is 0 Å². The van der Waals surface area contributed by atoms with E-state index in [0.717, 1.165) is 17.3 Å². The van der Waals surface area contributed by atoms with Gasteiger partial charge in [0.1, 0.15) is 11.6 Å². The van der Waals surface area contributed by atoms with Gasteiger partial charge >= 0.3 is 0 Å². The second-order valence-electron chi connectivity index (χ2n) is 3.48. The lowest BCUT2D eigenvalue weighted by Crippen LogP contribution is -2.02. The van der Waals surface area contributed by atoms with Crippen LogP contribution in [0.1, 0.15) is 11.6 Å². The zero-order valence-electron chi connectivity index (χ0n) is 9.60. The fraction of sp³-hybridized carbons (Fsp3) is 0.273. The standard InChI is InChI=1S/C11H15N5O/c1-17-9-4-2-8(3-5-9)13-7-11-14-10(6-12)15-16-11/h2-5,13H,6-7,12H2,1H3,(H,14,15,16). The SMILES string of the molecule is COc1ccc(NCc2nc(CN)n[nH]2)cc1. The summed E-state index contributed by atoms with van der Waals surface area (Å²) in [5.41, 5.74) is 6.42. The lowest BCUT2D eigenvalue weighted by molar-refractivity contribution is 0.415. The number of aromatic nitrogens is 3. The van der Waals surface area contributed by atoms with Crippen LogP contribution in [0, 0.1) is 0 Å². The molecule has 0 radical (unpaired) electrons. The average Bonchev–Trinajstić information content (AvgIpc) is 2.85. The van der Waals surface area contributed by atoms with Crippen molar-refractivity contribution in [2.75, 3.05) is 12.4 Å². The van der Waals surface area contributed by atoms with Gasteiger partial charge in [0.15, 0.2) is 5.82 Å². The van der Waals surface area contributed by atoms with Crippen molar-refractivity contribution in [3.8, 4) is 5.75 Å². The quantitative estimate of drug-likeness (QED) is 0.713. The van der Waals surface area contributed by atoms with E-state index in [0.29, 0.717) is 18.9 Å². The van der Waals surface area contributed by atoms with Gasteiger partial charge in [0, 0.05) is 5.69 Å². The van der Waals surface area contributed by atoms with Crippen molar-refractivity contribution in [1.82, 2.24) is 15.2 Å². The molecule has 1 aromatic carbocycles. The predicted molar refractivity (Wildman–Crippen MR) is 64.6 cm³/mol. The normalized spacial score (nSPS) is 10.2. The van der Waals surface area contributed by atoms with Crippen LogP contribution in [0.15, 0.2) is 24.3 Å². The highest BCUT2D eigenvalue weighted by Crippen LogP contribution is 2.15. The summed E-state index contributed by atoms with van der Waals surface area (Å²) in [5.74, 6) is 2.22. The first-order valence-corrected chi connectivity index (χ1v) is 5.30. The molecule has 1 aromatic heterocycles. The van der Waals surface area contributed by atoms with E-state index >= 15 is 0 Å². The molecule has 0 atom stereocenters. The Morgan fingerprint density at radius 1 is 1.35 bits per heavy atom. The van der Waals surface area contributed by atoms with Gasteiger partial charge in [-0.15, -0.1) is 0 Å². The van der Waals surface area contributed by atoms with E-state index in [1.54, 1.807) is 7.11 Å². The van der Waals surface area contributed by atoms with Gasteiger partial charge < -0.3 is 15.8 Å². The topological polar surface area (TPSA) is 88.8 Å². The Balaban J connectivity index is 1.92. The van der Waals surface area contributed by atoms with Crippen molar-refractivity contribution in [3.05, 3.63) is 35.9 Å². The molecule has 0 saturated heterocycles. The number of nitrogens with two attached hydrogens (primary N) is 1. The number of ether oxygens (including phenoxy) is 1. The number of anilines is 1. The molecule has 6 heteroatoms. The highest BCUT2D eigenvalue weighted by atomic mass is 16.5. The Labute approximate surface area is 99.2 Å². The minimum atomic E-state index is 0.346. The van der Waals surface area contributed by atoms with Crippen LogP contribution in [0.3, 0.4) is 0 Å². The number of hydrogen-bond acceptors (Lipinski definition) is 5. The van der Waals surface area contributed by atoms with Crippen molar-refractivity contribution in [2.45, 2.75) is 13.1 Å². The Bertz CT molecular complexity index is 465. The molecule has 17 heavy (non-hydrogen) atoms. The number of H-pyrrole nitrogens is 1. The molecule has 2 aromatic rings. The monoisotopic (exact) mass is 233 g/mol. The zero-order chi connectivity index (χ0) is 12.1. The highest BCUT2D eigenvalue weighted by molar-refractivity contribution is 5.46. The van der Waals surface area contributed by atoms with Gasteiger partial charge in [-0.1, -0.05) is 0 Å². The zero-order valence-corrected chi connectivity index (χ0v) is 9.60. The first-order chi connectivity index (χ1) is 8.31. The molecule has 0 spiro atoms.